The van der Waals surface area contributed by atoms with Crippen LogP contribution in [0.2, 0.25) is 0 Å². The summed E-state index contributed by atoms with van der Waals surface area (Å²) in [6, 6.07) is 8.52. The molecule has 106 valence electrons. The minimum absolute atomic E-state index is 0.187. The number of hydrogen-bond donors (Lipinski definition) is 1. The molecule has 2 rings (SSSR count). The van der Waals surface area contributed by atoms with Gasteiger partial charge in [-0.3, -0.25) is 0 Å². The molecule has 1 heterocycles. The van der Waals surface area contributed by atoms with E-state index in [1.807, 2.05) is 0 Å². The quantitative estimate of drug-likeness (QED) is 0.891. The molecule has 0 bridgehead atoms. The normalized spacial score (nSPS) is 20.3. The van der Waals surface area contributed by atoms with Gasteiger partial charge < -0.3 is 10.1 Å². The lowest BCUT2D eigenvalue weighted by molar-refractivity contribution is 0.253. The van der Waals surface area contributed by atoms with E-state index in [2.05, 4.69) is 50.4 Å². The molecule has 0 saturated carbocycles. The van der Waals surface area contributed by atoms with E-state index in [9.17, 15) is 0 Å². The summed E-state index contributed by atoms with van der Waals surface area (Å²) in [6.07, 6.45) is 3.81. The number of benzene rings is 1. The molecule has 1 aromatic rings. The van der Waals surface area contributed by atoms with E-state index < -0.39 is 0 Å². The van der Waals surface area contributed by atoms with Crippen LogP contribution in [-0.4, -0.2) is 19.7 Å². The van der Waals surface area contributed by atoms with Crippen molar-refractivity contribution in [3.05, 3.63) is 29.8 Å². The standard InChI is InChI=1S/C17H27NO/c1-17(2,3)15-7-4-8-16(12-15)19-11-9-14-6-5-10-18-13-14/h4,7-8,12,14,18H,5-6,9-11,13H2,1-3H3. The van der Waals surface area contributed by atoms with E-state index in [0.717, 1.165) is 31.2 Å². The summed E-state index contributed by atoms with van der Waals surface area (Å²) in [5.74, 6) is 1.80. The Bertz CT molecular complexity index is 388. The average molecular weight is 261 g/mol. The van der Waals surface area contributed by atoms with Gasteiger partial charge in [0, 0.05) is 0 Å². The van der Waals surface area contributed by atoms with Crippen LogP contribution in [0, 0.1) is 5.92 Å². The molecule has 0 aromatic heterocycles. The van der Waals surface area contributed by atoms with Gasteiger partial charge in [0.25, 0.3) is 0 Å². The second-order valence-electron chi connectivity index (χ2n) is 6.63. The van der Waals surface area contributed by atoms with Gasteiger partial charge in [-0.15, -0.1) is 0 Å². The average Bonchev–Trinajstić information content (AvgIpc) is 2.39. The fourth-order valence-electron chi connectivity index (χ4n) is 2.57. The van der Waals surface area contributed by atoms with E-state index in [4.69, 9.17) is 4.74 Å². The minimum atomic E-state index is 0.187. The summed E-state index contributed by atoms with van der Waals surface area (Å²) in [5.41, 5.74) is 1.52. The maximum absolute atomic E-state index is 5.92. The molecule has 1 aromatic carbocycles. The number of rotatable bonds is 4. The molecule has 0 aliphatic carbocycles. The van der Waals surface area contributed by atoms with Gasteiger partial charge in [0.2, 0.25) is 0 Å². The van der Waals surface area contributed by atoms with Crippen molar-refractivity contribution in [3.8, 4) is 5.75 Å². The first-order valence-electron chi connectivity index (χ1n) is 7.50. The monoisotopic (exact) mass is 261 g/mol. The third-order valence-corrected chi connectivity index (χ3v) is 3.89. The first-order valence-corrected chi connectivity index (χ1v) is 7.50. The van der Waals surface area contributed by atoms with Crippen molar-refractivity contribution in [2.75, 3.05) is 19.7 Å². The maximum Gasteiger partial charge on any atom is 0.119 e. The summed E-state index contributed by atoms with van der Waals surface area (Å²) in [5, 5.41) is 3.46. The Morgan fingerprint density at radius 3 is 2.84 bits per heavy atom. The molecule has 1 atom stereocenters. The van der Waals surface area contributed by atoms with Gasteiger partial charge in [0.05, 0.1) is 6.61 Å². The molecule has 0 radical (unpaired) electrons. The second-order valence-corrected chi connectivity index (χ2v) is 6.63. The summed E-state index contributed by atoms with van der Waals surface area (Å²) >= 11 is 0. The highest BCUT2D eigenvalue weighted by Crippen LogP contribution is 2.26. The first kappa shape index (κ1) is 14.4. The summed E-state index contributed by atoms with van der Waals surface area (Å²) in [4.78, 5) is 0. The van der Waals surface area contributed by atoms with E-state index in [1.165, 1.54) is 24.9 Å². The molecule has 0 spiro atoms. The molecule has 2 heteroatoms. The van der Waals surface area contributed by atoms with E-state index in [0.29, 0.717) is 0 Å². The Kier molecular flexibility index (Phi) is 4.87. The predicted octanol–water partition coefficient (Wildman–Crippen LogP) is 3.75. The van der Waals surface area contributed by atoms with Crippen LogP contribution in [-0.2, 0) is 5.41 Å². The lowest BCUT2D eigenvalue weighted by Gasteiger charge is -2.23. The highest BCUT2D eigenvalue weighted by Gasteiger charge is 2.15. The van der Waals surface area contributed by atoms with E-state index >= 15 is 0 Å². The molecule has 1 N–H and O–H groups in total. The minimum Gasteiger partial charge on any atom is -0.494 e. The molecule has 1 aliphatic heterocycles. The highest BCUT2D eigenvalue weighted by molar-refractivity contribution is 5.32. The van der Waals surface area contributed by atoms with Gasteiger partial charge in [-0.2, -0.15) is 0 Å². The number of nitrogens with one attached hydrogen (secondary N) is 1. The molecule has 1 saturated heterocycles. The van der Waals surface area contributed by atoms with Crippen molar-refractivity contribution < 1.29 is 4.74 Å². The Morgan fingerprint density at radius 1 is 1.32 bits per heavy atom. The highest BCUT2D eigenvalue weighted by atomic mass is 16.5. The Morgan fingerprint density at radius 2 is 2.16 bits per heavy atom. The van der Waals surface area contributed by atoms with Crippen molar-refractivity contribution >= 4 is 0 Å². The van der Waals surface area contributed by atoms with Crippen molar-refractivity contribution in [1.29, 1.82) is 0 Å². The van der Waals surface area contributed by atoms with Crippen LogP contribution < -0.4 is 10.1 Å². The van der Waals surface area contributed by atoms with Crippen LogP contribution >= 0.6 is 0 Å². The molecule has 1 unspecified atom stereocenters. The molecule has 19 heavy (non-hydrogen) atoms. The smallest absolute Gasteiger partial charge is 0.119 e. The van der Waals surface area contributed by atoms with Crippen molar-refractivity contribution in [3.63, 3.8) is 0 Å². The molecule has 1 fully saturated rings. The third-order valence-electron chi connectivity index (χ3n) is 3.89. The van der Waals surface area contributed by atoms with Crippen LogP contribution in [0.4, 0.5) is 0 Å². The summed E-state index contributed by atoms with van der Waals surface area (Å²) in [7, 11) is 0. The molecular weight excluding hydrogens is 234 g/mol. The van der Waals surface area contributed by atoms with Crippen LogP contribution in [0.5, 0.6) is 5.75 Å². The zero-order valence-corrected chi connectivity index (χ0v) is 12.5. The zero-order chi connectivity index (χ0) is 13.7. The summed E-state index contributed by atoms with van der Waals surface area (Å²) in [6.45, 7) is 9.88. The van der Waals surface area contributed by atoms with Gasteiger partial charge in [-0.05, 0) is 61.4 Å². The lowest BCUT2D eigenvalue weighted by Crippen LogP contribution is -2.30. The first-order chi connectivity index (χ1) is 9.05. The fourth-order valence-corrected chi connectivity index (χ4v) is 2.57. The van der Waals surface area contributed by atoms with Crippen molar-refractivity contribution in [2.45, 2.75) is 45.4 Å². The SMILES string of the molecule is CC(C)(C)c1cccc(OCCC2CCCNC2)c1. The van der Waals surface area contributed by atoms with Gasteiger partial charge >= 0.3 is 0 Å². The Hall–Kier alpha value is -1.02. The zero-order valence-electron chi connectivity index (χ0n) is 12.5. The van der Waals surface area contributed by atoms with Crippen molar-refractivity contribution in [1.82, 2.24) is 5.32 Å². The van der Waals surface area contributed by atoms with E-state index in [1.54, 1.807) is 0 Å². The second kappa shape index (κ2) is 6.42. The van der Waals surface area contributed by atoms with Crippen LogP contribution in [0.1, 0.15) is 45.6 Å². The lowest BCUT2D eigenvalue weighted by atomic mass is 9.87. The number of ether oxygens (including phenoxy) is 1. The van der Waals surface area contributed by atoms with Gasteiger partial charge in [0.1, 0.15) is 5.75 Å². The number of hydrogen-bond acceptors (Lipinski definition) is 2. The van der Waals surface area contributed by atoms with Gasteiger partial charge in [-0.25, -0.2) is 0 Å². The maximum atomic E-state index is 5.92. The predicted molar refractivity (Wildman–Crippen MR) is 80.8 cm³/mol. The van der Waals surface area contributed by atoms with E-state index in [-0.39, 0.29) is 5.41 Å². The Labute approximate surface area is 117 Å². The summed E-state index contributed by atoms with van der Waals surface area (Å²) < 4.78 is 5.92. The topological polar surface area (TPSA) is 21.3 Å². The van der Waals surface area contributed by atoms with Gasteiger partial charge in [0.15, 0.2) is 0 Å². The third kappa shape index (κ3) is 4.54. The molecule has 1 aliphatic rings. The molecule has 0 amide bonds. The Balaban J connectivity index is 1.82. The largest absolute Gasteiger partial charge is 0.494 e. The van der Waals surface area contributed by atoms with Crippen LogP contribution in [0.25, 0.3) is 0 Å². The van der Waals surface area contributed by atoms with Gasteiger partial charge in [-0.1, -0.05) is 32.9 Å². The fraction of sp³-hybridized carbons (Fsp3) is 0.647. The van der Waals surface area contributed by atoms with Crippen LogP contribution in [0.3, 0.4) is 0 Å². The molecular formula is C17H27NO. The van der Waals surface area contributed by atoms with Crippen LogP contribution in [0.15, 0.2) is 24.3 Å². The van der Waals surface area contributed by atoms with Crippen molar-refractivity contribution in [2.24, 2.45) is 5.92 Å². The number of piperidine rings is 1. The molecule has 2 nitrogen and oxygen atoms in total.